The van der Waals surface area contributed by atoms with Crippen molar-refractivity contribution in [1.29, 1.82) is 0 Å². The Morgan fingerprint density at radius 2 is 1.91 bits per heavy atom. The summed E-state index contributed by atoms with van der Waals surface area (Å²) in [5, 5.41) is 10.8. The van der Waals surface area contributed by atoms with E-state index in [2.05, 4.69) is 9.97 Å². The van der Waals surface area contributed by atoms with E-state index in [1.165, 1.54) is 22.3 Å². The topological polar surface area (TPSA) is 124 Å². The number of hydrogen-bond donors (Lipinski definition) is 2. The maximum absolute atomic E-state index is 13.6. The number of nitrogens with one attached hydrogen (secondary N) is 1. The fraction of sp³-hybridized carbons (Fsp3) is 0.333. The second kappa shape index (κ2) is 9.05. The van der Waals surface area contributed by atoms with Crippen LogP contribution in [0.25, 0.3) is 11.0 Å². The van der Waals surface area contributed by atoms with E-state index in [-0.39, 0.29) is 29.0 Å². The van der Waals surface area contributed by atoms with Crippen LogP contribution in [0.3, 0.4) is 0 Å². The Morgan fingerprint density at radius 3 is 2.59 bits per heavy atom. The predicted molar refractivity (Wildman–Crippen MR) is 126 cm³/mol. The number of pyridine rings is 1. The predicted octanol–water partition coefficient (Wildman–Crippen LogP) is 1.71. The van der Waals surface area contributed by atoms with Crippen molar-refractivity contribution in [3.05, 3.63) is 80.1 Å². The number of carbonyl (C=O) groups is 1. The third kappa shape index (κ3) is 4.02. The molecule has 0 aliphatic carbocycles. The third-order valence-electron chi connectivity index (χ3n) is 6.33. The van der Waals surface area contributed by atoms with Crippen molar-refractivity contribution in [3.63, 3.8) is 0 Å². The quantitative estimate of drug-likeness (QED) is 0.401. The number of nitrogens with zero attached hydrogens (tertiary/aromatic N) is 4. The molecule has 0 fully saturated rings. The molecule has 0 aliphatic rings. The average molecular weight is 466 g/mol. The zero-order valence-corrected chi connectivity index (χ0v) is 19.5. The van der Waals surface area contributed by atoms with Gasteiger partial charge in [-0.1, -0.05) is 6.07 Å². The van der Waals surface area contributed by atoms with Crippen molar-refractivity contribution in [2.24, 2.45) is 14.1 Å². The number of rotatable bonds is 7. The van der Waals surface area contributed by atoms with E-state index in [0.29, 0.717) is 29.7 Å². The highest BCUT2D eigenvalue weighted by Crippen LogP contribution is 2.34. The van der Waals surface area contributed by atoms with Crippen molar-refractivity contribution in [2.75, 3.05) is 7.11 Å². The summed E-state index contributed by atoms with van der Waals surface area (Å²) in [4.78, 5) is 45.3. The summed E-state index contributed by atoms with van der Waals surface area (Å²) in [7, 11) is 4.62. The van der Waals surface area contributed by atoms with Gasteiger partial charge in [-0.3, -0.25) is 18.7 Å². The van der Waals surface area contributed by atoms with E-state index in [9.17, 15) is 19.5 Å². The Hall–Kier alpha value is -4.08. The minimum absolute atomic E-state index is 0.112. The number of fused-ring (bicyclic) bond motifs is 1. The lowest BCUT2D eigenvalue weighted by atomic mass is 9.88. The normalized spacial score (nSPS) is 12.2. The van der Waals surface area contributed by atoms with E-state index >= 15 is 0 Å². The fourth-order valence-electron chi connectivity index (χ4n) is 4.40. The number of hydrogen-bond acceptors (Lipinski definition) is 6. The summed E-state index contributed by atoms with van der Waals surface area (Å²) in [6, 6.07) is 6.85. The van der Waals surface area contributed by atoms with Crippen LogP contribution in [0.1, 0.15) is 34.9 Å². The molecular formula is C24H27N5O5. The van der Waals surface area contributed by atoms with Gasteiger partial charge in [0.25, 0.3) is 5.56 Å². The number of aromatic amines is 1. The molecule has 3 heterocycles. The standard InChI is InChI=1S/C24H27N5O5/c1-14-9-20(30)22(23(32)29(14)8-7-16-12-25-13-26-16)17(11-21(31)34-4)15-5-6-18-19(10-15)28(3)24(33)27(18)2/h5-6,9-10,12-13,17,30H,7-8,11H2,1-4H3,(H,25,26). The van der Waals surface area contributed by atoms with Gasteiger partial charge in [0.15, 0.2) is 0 Å². The molecule has 4 rings (SSSR count). The van der Waals surface area contributed by atoms with Crippen LogP contribution in [-0.2, 0) is 36.6 Å². The van der Waals surface area contributed by atoms with Gasteiger partial charge in [0.2, 0.25) is 0 Å². The molecule has 34 heavy (non-hydrogen) atoms. The van der Waals surface area contributed by atoms with Crippen LogP contribution in [0.15, 0.2) is 46.4 Å². The molecule has 0 bridgehead atoms. The monoisotopic (exact) mass is 465 g/mol. The first kappa shape index (κ1) is 23.1. The van der Waals surface area contributed by atoms with Crippen LogP contribution in [0.2, 0.25) is 0 Å². The lowest BCUT2D eigenvalue weighted by Crippen LogP contribution is -2.29. The molecule has 2 N–H and O–H groups in total. The van der Waals surface area contributed by atoms with Crippen LogP contribution in [0.5, 0.6) is 5.75 Å². The molecular weight excluding hydrogens is 438 g/mol. The van der Waals surface area contributed by atoms with Crippen molar-refractivity contribution >= 4 is 17.0 Å². The molecule has 0 radical (unpaired) electrons. The molecule has 1 unspecified atom stereocenters. The van der Waals surface area contributed by atoms with Gasteiger partial charge in [0.05, 0.1) is 36.5 Å². The molecule has 0 saturated carbocycles. The second-order valence-electron chi connectivity index (χ2n) is 8.35. The number of esters is 1. The van der Waals surface area contributed by atoms with E-state index in [1.807, 2.05) is 0 Å². The number of aromatic hydroxyl groups is 1. The summed E-state index contributed by atoms with van der Waals surface area (Å²) >= 11 is 0. The number of ether oxygens (including phenoxy) is 1. The SMILES string of the molecule is COC(=O)CC(c1ccc2c(c1)n(C)c(=O)n2C)c1c(O)cc(C)n(CCc2cnc[nH]2)c1=O. The summed E-state index contributed by atoms with van der Waals surface area (Å²) in [6.07, 6.45) is 3.67. The van der Waals surface area contributed by atoms with Gasteiger partial charge in [-0.05, 0) is 30.7 Å². The average Bonchev–Trinajstić information content (AvgIpc) is 3.41. The summed E-state index contributed by atoms with van der Waals surface area (Å²) in [5.74, 6) is -1.47. The Balaban J connectivity index is 1.86. The molecule has 0 saturated heterocycles. The largest absolute Gasteiger partial charge is 0.507 e. The smallest absolute Gasteiger partial charge is 0.328 e. The molecule has 10 nitrogen and oxygen atoms in total. The number of benzene rings is 1. The van der Waals surface area contributed by atoms with Gasteiger partial charge in [0.1, 0.15) is 5.75 Å². The molecule has 4 aromatic rings. The Kier molecular flexibility index (Phi) is 6.14. The zero-order valence-electron chi connectivity index (χ0n) is 19.5. The molecule has 1 atom stereocenters. The molecule has 0 aliphatic heterocycles. The number of H-pyrrole nitrogens is 1. The third-order valence-corrected chi connectivity index (χ3v) is 6.33. The van der Waals surface area contributed by atoms with E-state index in [0.717, 1.165) is 11.2 Å². The molecule has 3 aromatic heterocycles. The minimum Gasteiger partial charge on any atom is -0.507 e. The minimum atomic E-state index is -0.765. The Labute approximate surface area is 195 Å². The summed E-state index contributed by atoms with van der Waals surface area (Å²) in [5.41, 5.74) is 3.02. The van der Waals surface area contributed by atoms with E-state index in [4.69, 9.17) is 4.74 Å². The second-order valence-corrected chi connectivity index (χ2v) is 8.35. The molecule has 0 spiro atoms. The van der Waals surface area contributed by atoms with Crippen molar-refractivity contribution in [3.8, 4) is 5.75 Å². The molecule has 10 heteroatoms. The molecule has 178 valence electrons. The van der Waals surface area contributed by atoms with Crippen molar-refractivity contribution in [2.45, 2.75) is 32.2 Å². The van der Waals surface area contributed by atoms with E-state index < -0.39 is 11.9 Å². The van der Waals surface area contributed by atoms with Crippen molar-refractivity contribution < 1.29 is 14.6 Å². The van der Waals surface area contributed by atoms with Gasteiger partial charge < -0.3 is 19.4 Å². The van der Waals surface area contributed by atoms with Crippen molar-refractivity contribution in [1.82, 2.24) is 23.7 Å². The van der Waals surface area contributed by atoms with E-state index in [1.54, 1.807) is 56.3 Å². The summed E-state index contributed by atoms with van der Waals surface area (Å²) < 4.78 is 9.50. The van der Waals surface area contributed by atoms with Crippen LogP contribution in [-0.4, -0.2) is 41.9 Å². The van der Waals surface area contributed by atoms with Gasteiger partial charge in [-0.25, -0.2) is 9.78 Å². The number of methoxy groups -OCH3 is 1. The van der Waals surface area contributed by atoms with Crippen LogP contribution >= 0.6 is 0 Å². The number of aryl methyl sites for hydroxylation is 4. The zero-order chi connectivity index (χ0) is 24.6. The highest BCUT2D eigenvalue weighted by atomic mass is 16.5. The maximum atomic E-state index is 13.6. The van der Waals surface area contributed by atoms with Crippen LogP contribution in [0, 0.1) is 6.92 Å². The van der Waals surface area contributed by atoms with Crippen LogP contribution < -0.4 is 11.2 Å². The fourth-order valence-corrected chi connectivity index (χ4v) is 4.40. The number of imidazole rings is 2. The summed E-state index contributed by atoms with van der Waals surface area (Å²) in [6.45, 7) is 2.12. The highest BCUT2D eigenvalue weighted by Gasteiger charge is 2.27. The number of aromatic nitrogens is 5. The van der Waals surface area contributed by atoms with Gasteiger partial charge in [-0.15, -0.1) is 0 Å². The lowest BCUT2D eigenvalue weighted by Gasteiger charge is -2.20. The first-order valence-corrected chi connectivity index (χ1v) is 10.9. The van der Waals surface area contributed by atoms with Gasteiger partial charge >= 0.3 is 11.7 Å². The van der Waals surface area contributed by atoms with Crippen LogP contribution in [0.4, 0.5) is 0 Å². The van der Waals surface area contributed by atoms with Gasteiger partial charge in [-0.2, -0.15) is 0 Å². The lowest BCUT2D eigenvalue weighted by molar-refractivity contribution is -0.140. The maximum Gasteiger partial charge on any atom is 0.328 e. The first-order chi connectivity index (χ1) is 16.2. The Morgan fingerprint density at radius 1 is 1.18 bits per heavy atom. The Bertz CT molecular complexity index is 1480. The molecule has 0 amide bonds. The molecule has 1 aromatic carbocycles. The first-order valence-electron chi connectivity index (χ1n) is 10.9. The number of carbonyl (C=O) groups excluding carboxylic acids is 1. The van der Waals surface area contributed by atoms with Gasteiger partial charge in [0, 0.05) is 50.6 Å². The highest BCUT2D eigenvalue weighted by molar-refractivity contribution is 5.78.